The summed E-state index contributed by atoms with van der Waals surface area (Å²) >= 11 is 0. The van der Waals surface area contributed by atoms with E-state index < -0.39 is 5.97 Å². The fraction of sp³-hybridized carbons (Fsp3) is 0.400. The number of hydrogen-bond donors (Lipinski definition) is 1. The molecule has 3 rings (SSSR count). The molecule has 0 bridgehead atoms. The Morgan fingerprint density at radius 1 is 0.963 bits per heavy atom. The van der Waals surface area contributed by atoms with E-state index in [2.05, 4.69) is 37.8 Å². The predicted octanol–water partition coefficient (Wildman–Crippen LogP) is 6.40. The number of benzene rings is 2. The van der Waals surface area contributed by atoms with Crippen molar-refractivity contribution in [3.8, 4) is 0 Å². The minimum Gasteiger partial charge on any atom is -0.478 e. The summed E-state index contributed by atoms with van der Waals surface area (Å²) in [4.78, 5) is 11.1. The van der Waals surface area contributed by atoms with Crippen LogP contribution in [-0.2, 0) is 12.8 Å². The van der Waals surface area contributed by atoms with E-state index in [0.717, 1.165) is 24.0 Å². The van der Waals surface area contributed by atoms with E-state index in [1.807, 2.05) is 12.1 Å². The lowest BCUT2D eigenvalue weighted by molar-refractivity contribution is 0.0697. The molecule has 0 saturated carbocycles. The van der Waals surface area contributed by atoms with Crippen LogP contribution >= 0.6 is 0 Å². The third-order valence-electron chi connectivity index (χ3n) is 5.99. The highest BCUT2D eigenvalue weighted by molar-refractivity contribution is 5.88. The average Bonchev–Trinajstić information content (AvgIpc) is 2.70. The lowest BCUT2D eigenvalue weighted by Gasteiger charge is -2.35. The molecule has 2 heteroatoms. The van der Waals surface area contributed by atoms with Gasteiger partial charge in [0.1, 0.15) is 0 Å². The highest BCUT2D eigenvalue weighted by Gasteiger charge is 2.30. The molecule has 2 nitrogen and oxygen atoms in total. The van der Waals surface area contributed by atoms with Gasteiger partial charge < -0.3 is 5.11 Å². The van der Waals surface area contributed by atoms with E-state index in [9.17, 15) is 4.79 Å². The van der Waals surface area contributed by atoms with Crippen LogP contribution in [0.25, 0.3) is 5.57 Å². The molecule has 0 radical (unpaired) electrons. The van der Waals surface area contributed by atoms with E-state index >= 15 is 0 Å². The van der Waals surface area contributed by atoms with Crippen molar-refractivity contribution in [3.63, 3.8) is 0 Å². The number of carboxylic acid groups (broad SMARTS) is 1. The molecular weight excluding hydrogens is 332 g/mol. The van der Waals surface area contributed by atoms with Gasteiger partial charge in [0.25, 0.3) is 0 Å². The van der Waals surface area contributed by atoms with E-state index in [-0.39, 0.29) is 0 Å². The first-order valence-electron chi connectivity index (χ1n) is 10.2. The van der Waals surface area contributed by atoms with Crippen molar-refractivity contribution >= 4 is 11.5 Å². The number of unbranched alkanes of at least 4 members (excludes halogenated alkanes) is 3. The van der Waals surface area contributed by atoms with Gasteiger partial charge in [-0.15, -0.1) is 0 Å². The summed E-state index contributed by atoms with van der Waals surface area (Å²) in [5.41, 5.74) is 5.49. The maximum atomic E-state index is 11.1. The molecule has 2 aromatic rings. The lowest BCUT2D eigenvalue weighted by Crippen LogP contribution is -2.26. The second-order valence-corrected chi connectivity index (χ2v) is 7.80. The van der Waals surface area contributed by atoms with Crippen LogP contribution in [0.5, 0.6) is 0 Å². The lowest BCUT2D eigenvalue weighted by atomic mass is 9.70. The van der Waals surface area contributed by atoms with Crippen LogP contribution in [0.2, 0.25) is 0 Å². The normalized spacial score (nSPS) is 18.7. The molecule has 1 aliphatic rings. The van der Waals surface area contributed by atoms with Gasteiger partial charge in [-0.25, -0.2) is 4.79 Å². The minimum absolute atomic E-state index is 0.330. The van der Waals surface area contributed by atoms with Crippen molar-refractivity contribution in [1.29, 1.82) is 0 Å². The van der Waals surface area contributed by atoms with E-state index in [1.54, 1.807) is 12.1 Å². The summed E-state index contributed by atoms with van der Waals surface area (Å²) < 4.78 is 0. The third-order valence-corrected chi connectivity index (χ3v) is 5.99. The molecule has 2 aromatic carbocycles. The van der Waals surface area contributed by atoms with Gasteiger partial charge in [-0.3, -0.25) is 0 Å². The first-order valence-corrected chi connectivity index (χ1v) is 10.2. The summed E-state index contributed by atoms with van der Waals surface area (Å²) in [6.45, 7) is 6.70. The topological polar surface area (TPSA) is 37.3 Å². The Morgan fingerprint density at radius 3 is 2.22 bits per heavy atom. The van der Waals surface area contributed by atoms with Gasteiger partial charge in [0, 0.05) is 0 Å². The maximum absolute atomic E-state index is 11.1. The summed E-state index contributed by atoms with van der Waals surface area (Å²) in [5, 5.41) is 9.13. The van der Waals surface area contributed by atoms with Gasteiger partial charge in [0.05, 0.1) is 5.56 Å². The summed E-state index contributed by atoms with van der Waals surface area (Å²) in [7, 11) is 0. The van der Waals surface area contributed by atoms with Crippen LogP contribution in [0, 0.1) is 11.8 Å². The second-order valence-electron chi connectivity index (χ2n) is 7.80. The Kier molecular flexibility index (Phi) is 6.49. The standard InChI is InChI=1S/C25H30O2/c1-3-4-5-6-11-23-16-21-9-7-8-10-22(21)17-24(23)18(2)19-12-14-20(15-13-19)25(26)27/h7-10,12-15,23-24H,2-6,11,16-17H2,1H3,(H,26,27). The zero-order chi connectivity index (χ0) is 19.2. The summed E-state index contributed by atoms with van der Waals surface area (Å²) in [5.74, 6) is 0.160. The number of fused-ring (bicyclic) bond motifs is 1. The van der Waals surface area contributed by atoms with Crippen LogP contribution in [0.1, 0.15) is 66.1 Å². The molecule has 0 saturated heterocycles. The van der Waals surface area contributed by atoms with E-state index in [4.69, 9.17) is 5.11 Å². The molecule has 0 amide bonds. The van der Waals surface area contributed by atoms with Gasteiger partial charge >= 0.3 is 5.97 Å². The van der Waals surface area contributed by atoms with Crippen molar-refractivity contribution in [2.45, 2.75) is 51.9 Å². The number of carbonyl (C=O) groups is 1. The Balaban J connectivity index is 1.80. The van der Waals surface area contributed by atoms with Crippen LogP contribution in [0.4, 0.5) is 0 Å². The highest BCUT2D eigenvalue weighted by atomic mass is 16.4. The molecule has 0 heterocycles. The van der Waals surface area contributed by atoms with Crippen molar-refractivity contribution < 1.29 is 9.90 Å². The Morgan fingerprint density at radius 2 is 1.59 bits per heavy atom. The molecule has 1 aliphatic carbocycles. The van der Waals surface area contributed by atoms with Crippen LogP contribution < -0.4 is 0 Å². The molecule has 0 aromatic heterocycles. The molecule has 27 heavy (non-hydrogen) atoms. The quantitative estimate of drug-likeness (QED) is 0.552. The maximum Gasteiger partial charge on any atom is 0.335 e. The van der Waals surface area contributed by atoms with Crippen LogP contribution in [0.3, 0.4) is 0 Å². The largest absolute Gasteiger partial charge is 0.478 e. The van der Waals surface area contributed by atoms with Gasteiger partial charge in [-0.05, 0) is 65.5 Å². The van der Waals surface area contributed by atoms with Crippen molar-refractivity contribution in [2.75, 3.05) is 0 Å². The zero-order valence-electron chi connectivity index (χ0n) is 16.3. The minimum atomic E-state index is -0.882. The molecule has 1 N–H and O–H groups in total. The van der Waals surface area contributed by atoms with Gasteiger partial charge in [-0.2, -0.15) is 0 Å². The van der Waals surface area contributed by atoms with Crippen LogP contribution in [-0.4, -0.2) is 11.1 Å². The SMILES string of the molecule is C=C(c1ccc(C(=O)O)cc1)C1Cc2ccccc2CC1CCCCCC. The third kappa shape index (κ3) is 4.68. The second kappa shape index (κ2) is 9.03. The summed E-state index contributed by atoms with van der Waals surface area (Å²) in [6.07, 6.45) is 8.56. The number of carboxylic acids is 1. The monoisotopic (exact) mass is 362 g/mol. The molecule has 0 spiro atoms. The Bertz CT molecular complexity index is 788. The van der Waals surface area contributed by atoms with Crippen molar-refractivity contribution in [3.05, 3.63) is 77.4 Å². The molecule has 2 unspecified atom stereocenters. The Labute approximate surface area is 162 Å². The van der Waals surface area contributed by atoms with Gasteiger partial charge in [-0.1, -0.05) is 75.6 Å². The van der Waals surface area contributed by atoms with E-state index in [0.29, 0.717) is 17.4 Å². The molecule has 0 aliphatic heterocycles. The summed E-state index contributed by atoms with van der Waals surface area (Å²) in [6, 6.07) is 16.0. The zero-order valence-corrected chi connectivity index (χ0v) is 16.3. The predicted molar refractivity (Wildman–Crippen MR) is 112 cm³/mol. The van der Waals surface area contributed by atoms with Crippen molar-refractivity contribution in [1.82, 2.24) is 0 Å². The smallest absolute Gasteiger partial charge is 0.335 e. The Hall–Kier alpha value is -2.35. The highest BCUT2D eigenvalue weighted by Crippen LogP contribution is 2.40. The fourth-order valence-electron chi connectivity index (χ4n) is 4.37. The number of hydrogen-bond acceptors (Lipinski definition) is 1. The van der Waals surface area contributed by atoms with E-state index in [1.165, 1.54) is 43.2 Å². The van der Waals surface area contributed by atoms with Crippen LogP contribution in [0.15, 0.2) is 55.1 Å². The van der Waals surface area contributed by atoms with Crippen molar-refractivity contribution in [2.24, 2.45) is 11.8 Å². The first kappa shape index (κ1) is 19.4. The average molecular weight is 363 g/mol. The van der Waals surface area contributed by atoms with Gasteiger partial charge in [0.2, 0.25) is 0 Å². The molecular formula is C25H30O2. The first-order chi connectivity index (χ1) is 13.1. The number of rotatable bonds is 8. The number of allylic oxidation sites excluding steroid dienone is 1. The van der Waals surface area contributed by atoms with Gasteiger partial charge in [0.15, 0.2) is 0 Å². The molecule has 142 valence electrons. The number of aromatic carboxylic acids is 1. The molecule has 0 fully saturated rings. The molecule has 2 atom stereocenters. The fourth-order valence-corrected chi connectivity index (χ4v) is 4.37.